The van der Waals surface area contributed by atoms with Crippen LogP contribution in [0.5, 0.6) is 11.5 Å². The third-order valence-electron chi connectivity index (χ3n) is 3.14. The first kappa shape index (κ1) is 9.38. The van der Waals surface area contributed by atoms with E-state index in [2.05, 4.69) is 20.8 Å². The van der Waals surface area contributed by atoms with Crippen LogP contribution in [0.3, 0.4) is 0 Å². The van der Waals surface area contributed by atoms with Crippen LogP contribution in [0.25, 0.3) is 0 Å². The molecule has 2 nitrogen and oxygen atoms in total. The molecule has 0 amide bonds. The molecule has 1 unspecified atom stereocenters. The summed E-state index contributed by atoms with van der Waals surface area (Å²) in [5, 5.41) is 9.34. The van der Waals surface area contributed by atoms with Crippen molar-refractivity contribution in [1.29, 1.82) is 0 Å². The van der Waals surface area contributed by atoms with E-state index in [1.165, 1.54) is 5.56 Å². The lowest BCUT2D eigenvalue weighted by Gasteiger charge is -2.38. The second-order valence-electron chi connectivity index (χ2n) is 4.60. The van der Waals surface area contributed by atoms with E-state index in [-0.39, 0.29) is 11.4 Å². The summed E-state index contributed by atoms with van der Waals surface area (Å²) in [6, 6.07) is 5.35. The van der Waals surface area contributed by atoms with Gasteiger partial charge in [-0.05, 0) is 37.8 Å². The van der Waals surface area contributed by atoms with Gasteiger partial charge in [0.15, 0.2) is 0 Å². The van der Waals surface area contributed by atoms with E-state index in [0.717, 1.165) is 12.2 Å². The minimum Gasteiger partial charge on any atom is -0.508 e. The molecule has 76 valence electrons. The molecule has 2 heteroatoms. The monoisotopic (exact) mass is 192 g/mol. The number of ether oxygens (including phenoxy) is 1. The van der Waals surface area contributed by atoms with Gasteiger partial charge in [-0.15, -0.1) is 0 Å². The van der Waals surface area contributed by atoms with E-state index in [4.69, 9.17) is 4.74 Å². The summed E-state index contributed by atoms with van der Waals surface area (Å²) in [5.74, 6) is 1.60. The second kappa shape index (κ2) is 2.91. The molecule has 0 spiro atoms. The number of phenols is 1. The van der Waals surface area contributed by atoms with E-state index < -0.39 is 0 Å². The fourth-order valence-electron chi connectivity index (χ4n) is 1.77. The summed E-state index contributed by atoms with van der Waals surface area (Å²) < 4.78 is 5.85. The zero-order valence-corrected chi connectivity index (χ0v) is 8.87. The Bertz CT molecular complexity index is 355. The number of phenolic OH excluding ortho intramolecular Hbond substituents is 1. The molecule has 14 heavy (non-hydrogen) atoms. The Morgan fingerprint density at radius 1 is 1.43 bits per heavy atom. The summed E-state index contributed by atoms with van der Waals surface area (Å²) in [4.78, 5) is 0. The van der Waals surface area contributed by atoms with Gasteiger partial charge >= 0.3 is 0 Å². The molecule has 0 saturated heterocycles. The normalized spacial score (nSPS) is 23.8. The number of hydrogen-bond acceptors (Lipinski definition) is 2. The van der Waals surface area contributed by atoms with Crippen LogP contribution in [0.15, 0.2) is 18.2 Å². The van der Waals surface area contributed by atoms with Crippen molar-refractivity contribution in [2.45, 2.75) is 32.8 Å². The lowest BCUT2D eigenvalue weighted by atomic mass is 9.84. The molecule has 1 N–H and O–H groups in total. The lowest BCUT2D eigenvalue weighted by Crippen LogP contribution is -2.40. The van der Waals surface area contributed by atoms with E-state index in [0.29, 0.717) is 5.92 Å². The van der Waals surface area contributed by atoms with Gasteiger partial charge in [-0.2, -0.15) is 0 Å². The topological polar surface area (TPSA) is 29.5 Å². The molecule has 1 aromatic rings. The van der Waals surface area contributed by atoms with Crippen LogP contribution in [0, 0.1) is 5.92 Å². The number of rotatable bonds is 0. The molecule has 1 aromatic carbocycles. The molecular formula is C12H16O2. The van der Waals surface area contributed by atoms with E-state index in [1.807, 2.05) is 6.07 Å². The Hall–Kier alpha value is -1.18. The van der Waals surface area contributed by atoms with E-state index >= 15 is 0 Å². The van der Waals surface area contributed by atoms with Gasteiger partial charge in [0.2, 0.25) is 0 Å². The Morgan fingerprint density at radius 3 is 2.86 bits per heavy atom. The molecule has 0 radical (unpaired) electrons. The number of benzene rings is 1. The van der Waals surface area contributed by atoms with Crippen LogP contribution in [0.4, 0.5) is 0 Å². The summed E-state index contributed by atoms with van der Waals surface area (Å²) in [7, 11) is 0. The molecule has 0 bridgehead atoms. The number of aromatic hydroxyl groups is 1. The van der Waals surface area contributed by atoms with Gasteiger partial charge in [0.05, 0.1) is 0 Å². The molecule has 1 aliphatic rings. The SMILES string of the molecule is CC1Cc2ccc(O)cc2OC1(C)C. The van der Waals surface area contributed by atoms with Gasteiger partial charge in [-0.3, -0.25) is 0 Å². The van der Waals surface area contributed by atoms with Crippen LogP contribution in [-0.4, -0.2) is 10.7 Å². The second-order valence-corrected chi connectivity index (χ2v) is 4.60. The summed E-state index contributed by atoms with van der Waals surface area (Å²) in [6.45, 7) is 6.37. The summed E-state index contributed by atoms with van der Waals surface area (Å²) in [6.07, 6.45) is 1.02. The highest BCUT2D eigenvalue weighted by atomic mass is 16.5. The van der Waals surface area contributed by atoms with Crippen molar-refractivity contribution in [2.24, 2.45) is 5.92 Å². The maximum Gasteiger partial charge on any atom is 0.127 e. The third-order valence-corrected chi connectivity index (χ3v) is 3.14. The standard InChI is InChI=1S/C12H16O2/c1-8-6-9-4-5-10(13)7-11(9)14-12(8,2)3/h4-5,7-8,13H,6H2,1-3H3. The average Bonchev–Trinajstić information content (AvgIpc) is 2.07. The van der Waals surface area contributed by atoms with Crippen molar-refractivity contribution >= 4 is 0 Å². The average molecular weight is 192 g/mol. The van der Waals surface area contributed by atoms with Gasteiger partial charge in [-0.25, -0.2) is 0 Å². The van der Waals surface area contributed by atoms with Crippen molar-refractivity contribution in [3.8, 4) is 11.5 Å². The minimum atomic E-state index is -0.138. The molecule has 0 saturated carbocycles. The van der Waals surface area contributed by atoms with Crippen molar-refractivity contribution in [3.05, 3.63) is 23.8 Å². The van der Waals surface area contributed by atoms with Crippen molar-refractivity contribution in [3.63, 3.8) is 0 Å². The quantitative estimate of drug-likeness (QED) is 0.685. The molecule has 2 rings (SSSR count). The fourth-order valence-corrected chi connectivity index (χ4v) is 1.77. The van der Waals surface area contributed by atoms with E-state index in [9.17, 15) is 5.11 Å². The van der Waals surface area contributed by atoms with E-state index in [1.54, 1.807) is 12.1 Å². The molecule has 1 atom stereocenters. The largest absolute Gasteiger partial charge is 0.508 e. The molecule has 0 fully saturated rings. The van der Waals surface area contributed by atoms with Crippen molar-refractivity contribution in [1.82, 2.24) is 0 Å². The first-order valence-electron chi connectivity index (χ1n) is 5.00. The smallest absolute Gasteiger partial charge is 0.127 e. The fraction of sp³-hybridized carbons (Fsp3) is 0.500. The highest BCUT2D eigenvalue weighted by Crippen LogP contribution is 2.38. The van der Waals surface area contributed by atoms with Crippen LogP contribution in [-0.2, 0) is 6.42 Å². The molecule has 0 aromatic heterocycles. The number of fused-ring (bicyclic) bond motifs is 1. The van der Waals surface area contributed by atoms with Gasteiger partial charge in [-0.1, -0.05) is 13.0 Å². The number of hydrogen-bond donors (Lipinski definition) is 1. The zero-order chi connectivity index (χ0) is 10.3. The lowest BCUT2D eigenvalue weighted by molar-refractivity contribution is 0.0352. The highest BCUT2D eigenvalue weighted by molar-refractivity contribution is 5.42. The predicted molar refractivity (Wildman–Crippen MR) is 55.7 cm³/mol. The van der Waals surface area contributed by atoms with Crippen LogP contribution in [0.2, 0.25) is 0 Å². The van der Waals surface area contributed by atoms with Crippen LogP contribution < -0.4 is 4.74 Å². The van der Waals surface area contributed by atoms with Crippen molar-refractivity contribution < 1.29 is 9.84 Å². The van der Waals surface area contributed by atoms with Gasteiger partial charge < -0.3 is 9.84 Å². The summed E-state index contributed by atoms with van der Waals surface area (Å²) >= 11 is 0. The molecule has 1 heterocycles. The molecular weight excluding hydrogens is 176 g/mol. The van der Waals surface area contributed by atoms with Crippen molar-refractivity contribution in [2.75, 3.05) is 0 Å². The van der Waals surface area contributed by atoms with Crippen LogP contribution in [0.1, 0.15) is 26.3 Å². The summed E-state index contributed by atoms with van der Waals surface area (Å²) in [5.41, 5.74) is 1.05. The third kappa shape index (κ3) is 1.45. The Balaban J connectivity index is 2.41. The first-order valence-corrected chi connectivity index (χ1v) is 5.00. The van der Waals surface area contributed by atoms with Crippen LogP contribution >= 0.6 is 0 Å². The predicted octanol–water partition coefficient (Wildman–Crippen LogP) is 2.74. The zero-order valence-electron chi connectivity index (χ0n) is 8.87. The minimum absolute atomic E-state index is 0.138. The maximum atomic E-state index is 9.34. The molecule has 1 aliphatic heterocycles. The Kier molecular flexibility index (Phi) is 1.95. The van der Waals surface area contributed by atoms with Gasteiger partial charge in [0.25, 0.3) is 0 Å². The van der Waals surface area contributed by atoms with Gasteiger partial charge in [0.1, 0.15) is 17.1 Å². The first-order chi connectivity index (χ1) is 6.49. The maximum absolute atomic E-state index is 9.34. The van der Waals surface area contributed by atoms with Gasteiger partial charge in [0, 0.05) is 6.07 Å². The Labute approximate surface area is 84.5 Å². The Morgan fingerprint density at radius 2 is 2.14 bits per heavy atom. The molecule has 0 aliphatic carbocycles. The highest BCUT2D eigenvalue weighted by Gasteiger charge is 2.33.